The third-order valence-electron chi connectivity index (χ3n) is 5.97. The van der Waals surface area contributed by atoms with E-state index in [-0.39, 0.29) is 18.5 Å². The standard InChI is InChI=1S/C33H54O4/c1-3-5-7-9-11-12-13-14-15-16-18-20-26-30-33(36)37-31(27-23-19-17-10-8-6-4-2)28-24-21-22-25-29-32(34)35/h5,7,11-12,14-15,18,20,23,27,31H,3-4,6,8-10,13,16-17,19,21-22,24-26,28-30H2,1-2H3,(H,34,35)/b7-5-,12-11-,15-14-,20-18-,27-23-. The molecule has 0 saturated carbocycles. The number of carbonyl (C=O) groups is 2. The molecular weight excluding hydrogens is 460 g/mol. The highest BCUT2D eigenvalue weighted by molar-refractivity contribution is 5.69. The number of carbonyl (C=O) groups excluding carboxylic acids is 1. The molecule has 0 bridgehead atoms. The minimum absolute atomic E-state index is 0.147. The van der Waals surface area contributed by atoms with Crippen LogP contribution >= 0.6 is 0 Å². The van der Waals surface area contributed by atoms with Crippen molar-refractivity contribution in [3.8, 4) is 0 Å². The van der Waals surface area contributed by atoms with Crippen molar-refractivity contribution in [2.75, 3.05) is 0 Å². The molecule has 0 aliphatic rings. The number of hydrogen-bond acceptors (Lipinski definition) is 3. The van der Waals surface area contributed by atoms with Crippen LogP contribution in [0.5, 0.6) is 0 Å². The molecule has 0 aromatic heterocycles. The van der Waals surface area contributed by atoms with Gasteiger partial charge in [-0.25, -0.2) is 0 Å². The van der Waals surface area contributed by atoms with E-state index in [0.29, 0.717) is 19.3 Å². The minimum atomic E-state index is -0.734. The van der Waals surface area contributed by atoms with Gasteiger partial charge in [-0.05, 0) is 70.3 Å². The first-order chi connectivity index (χ1) is 18.1. The quantitative estimate of drug-likeness (QED) is 0.0748. The van der Waals surface area contributed by atoms with E-state index < -0.39 is 5.97 Å². The van der Waals surface area contributed by atoms with Crippen LogP contribution < -0.4 is 0 Å². The van der Waals surface area contributed by atoms with Gasteiger partial charge in [0.05, 0.1) is 0 Å². The van der Waals surface area contributed by atoms with E-state index >= 15 is 0 Å². The predicted molar refractivity (Wildman–Crippen MR) is 158 cm³/mol. The van der Waals surface area contributed by atoms with Crippen LogP contribution in [0.2, 0.25) is 0 Å². The molecule has 1 unspecified atom stereocenters. The maximum atomic E-state index is 12.4. The average molecular weight is 515 g/mol. The van der Waals surface area contributed by atoms with Crippen LogP contribution in [0.1, 0.15) is 129 Å². The van der Waals surface area contributed by atoms with Crippen LogP contribution in [0.4, 0.5) is 0 Å². The first-order valence-corrected chi connectivity index (χ1v) is 14.8. The van der Waals surface area contributed by atoms with Crippen molar-refractivity contribution in [1.29, 1.82) is 0 Å². The lowest BCUT2D eigenvalue weighted by Gasteiger charge is -2.14. The van der Waals surface area contributed by atoms with E-state index in [2.05, 4.69) is 74.6 Å². The highest BCUT2D eigenvalue weighted by Crippen LogP contribution is 2.13. The Labute approximate surface area is 227 Å². The molecular formula is C33H54O4. The fourth-order valence-electron chi connectivity index (χ4n) is 3.81. The van der Waals surface area contributed by atoms with Crippen molar-refractivity contribution >= 4 is 11.9 Å². The summed E-state index contributed by atoms with van der Waals surface area (Å²) in [6.45, 7) is 4.37. The second-order valence-electron chi connectivity index (χ2n) is 9.55. The summed E-state index contributed by atoms with van der Waals surface area (Å²) in [6.07, 6.45) is 38.1. The van der Waals surface area contributed by atoms with Crippen LogP contribution in [0, 0.1) is 0 Å². The number of allylic oxidation sites excluding steroid dienone is 9. The Bertz CT molecular complexity index is 684. The van der Waals surface area contributed by atoms with E-state index in [1.54, 1.807) is 0 Å². The van der Waals surface area contributed by atoms with Gasteiger partial charge in [0, 0.05) is 12.8 Å². The third-order valence-corrected chi connectivity index (χ3v) is 5.97. The Balaban J connectivity index is 4.25. The first-order valence-electron chi connectivity index (χ1n) is 14.8. The van der Waals surface area contributed by atoms with Gasteiger partial charge >= 0.3 is 11.9 Å². The Morgan fingerprint density at radius 1 is 0.649 bits per heavy atom. The van der Waals surface area contributed by atoms with Crippen LogP contribution in [0.25, 0.3) is 0 Å². The Kier molecular flexibility index (Phi) is 26.4. The maximum Gasteiger partial charge on any atom is 0.306 e. The average Bonchev–Trinajstić information content (AvgIpc) is 2.87. The SMILES string of the molecule is CC/C=C\C/C=C\C/C=C\C/C=C\CCC(=O)OC(/C=C\CCCCCCC)CCCCCCC(=O)O. The number of hydrogen-bond donors (Lipinski definition) is 1. The van der Waals surface area contributed by atoms with Gasteiger partial charge in [0.2, 0.25) is 0 Å². The molecule has 0 fully saturated rings. The lowest BCUT2D eigenvalue weighted by molar-refractivity contribution is -0.147. The topological polar surface area (TPSA) is 63.6 Å². The fraction of sp³-hybridized carbons (Fsp3) is 0.636. The van der Waals surface area contributed by atoms with Gasteiger partial charge in [0.1, 0.15) is 6.10 Å². The molecule has 0 spiro atoms. The molecule has 0 saturated heterocycles. The van der Waals surface area contributed by atoms with Crippen molar-refractivity contribution < 1.29 is 19.4 Å². The van der Waals surface area contributed by atoms with Crippen molar-refractivity contribution in [1.82, 2.24) is 0 Å². The van der Waals surface area contributed by atoms with E-state index in [1.165, 1.54) is 32.1 Å². The van der Waals surface area contributed by atoms with Crippen LogP contribution in [0.15, 0.2) is 60.8 Å². The molecule has 1 atom stereocenters. The molecule has 1 N–H and O–H groups in total. The Morgan fingerprint density at radius 2 is 1.24 bits per heavy atom. The number of unbranched alkanes of at least 4 members (excludes halogenated alkanes) is 8. The lowest BCUT2D eigenvalue weighted by Crippen LogP contribution is -2.16. The first kappa shape index (κ1) is 34.6. The molecule has 210 valence electrons. The van der Waals surface area contributed by atoms with E-state index in [4.69, 9.17) is 9.84 Å². The van der Waals surface area contributed by atoms with Crippen LogP contribution in [-0.2, 0) is 14.3 Å². The number of aliphatic carboxylic acids is 1. The summed E-state index contributed by atoms with van der Waals surface area (Å²) < 4.78 is 5.77. The van der Waals surface area contributed by atoms with Gasteiger partial charge in [0.15, 0.2) is 0 Å². The van der Waals surface area contributed by atoms with Gasteiger partial charge < -0.3 is 9.84 Å². The largest absolute Gasteiger partial charge is 0.481 e. The molecule has 0 radical (unpaired) electrons. The van der Waals surface area contributed by atoms with E-state index in [9.17, 15) is 9.59 Å². The summed E-state index contributed by atoms with van der Waals surface area (Å²) >= 11 is 0. The van der Waals surface area contributed by atoms with Gasteiger partial charge in [-0.3, -0.25) is 9.59 Å². The van der Waals surface area contributed by atoms with Crippen LogP contribution in [0.3, 0.4) is 0 Å². The molecule has 0 aliphatic carbocycles. The maximum absolute atomic E-state index is 12.4. The molecule has 37 heavy (non-hydrogen) atoms. The molecule has 0 amide bonds. The summed E-state index contributed by atoms with van der Waals surface area (Å²) in [5.41, 5.74) is 0. The molecule has 0 heterocycles. The summed E-state index contributed by atoms with van der Waals surface area (Å²) in [5.74, 6) is -0.882. The van der Waals surface area contributed by atoms with E-state index in [0.717, 1.165) is 57.8 Å². The normalized spacial score (nSPS) is 13.1. The fourth-order valence-corrected chi connectivity index (χ4v) is 3.81. The molecule has 0 aliphatic heterocycles. The number of carboxylic acid groups (broad SMARTS) is 1. The van der Waals surface area contributed by atoms with Gasteiger partial charge in [-0.1, -0.05) is 107 Å². The molecule has 0 aromatic carbocycles. The number of carboxylic acids is 1. The predicted octanol–water partition coefficient (Wildman–Crippen LogP) is 9.83. The zero-order valence-corrected chi connectivity index (χ0v) is 23.8. The highest BCUT2D eigenvalue weighted by atomic mass is 16.5. The Hall–Kier alpha value is -2.36. The molecule has 4 heteroatoms. The van der Waals surface area contributed by atoms with Gasteiger partial charge in [0.25, 0.3) is 0 Å². The zero-order valence-electron chi connectivity index (χ0n) is 23.8. The van der Waals surface area contributed by atoms with Crippen LogP contribution in [-0.4, -0.2) is 23.1 Å². The van der Waals surface area contributed by atoms with Gasteiger partial charge in [-0.15, -0.1) is 0 Å². The minimum Gasteiger partial charge on any atom is -0.481 e. The van der Waals surface area contributed by atoms with Crippen molar-refractivity contribution in [2.45, 2.75) is 136 Å². The third kappa shape index (κ3) is 28.1. The lowest BCUT2D eigenvalue weighted by atomic mass is 10.1. The number of ether oxygens (including phenoxy) is 1. The Morgan fingerprint density at radius 3 is 1.89 bits per heavy atom. The van der Waals surface area contributed by atoms with Crippen molar-refractivity contribution in [3.05, 3.63) is 60.8 Å². The highest BCUT2D eigenvalue weighted by Gasteiger charge is 2.11. The summed E-state index contributed by atoms with van der Waals surface area (Å²) in [5, 5.41) is 8.76. The van der Waals surface area contributed by atoms with Crippen molar-refractivity contribution in [2.24, 2.45) is 0 Å². The molecule has 4 nitrogen and oxygen atoms in total. The van der Waals surface area contributed by atoms with E-state index in [1.807, 2.05) is 0 Å². The smallest absolute Gasteiger partial charge is 0.306 e. The molecule has 0 rings (SSSR count). The number of esters is 1. The summed E-state index contributed by atoms with van der Waals surface area (Å²) in [4.78, 5) is 23.0. The molecule has 0 aromatic rings. The zero-order chi connectivity index (χ0) is 27.2. The summed E-state index contributed by atoms with van der Waals surface area (Å²) in [7, 11) is 0. The second kappa shape index (κ2) is 28.2. The summed E-state index contributed by atoms with van der Waals surface area (Å²) in [6, 6.07) is 0. The number of rotatable bonds is 25. The monoisotopic (exact) mass is 514 g/mol. The van der Waals surface area contributed by atoms with Crippen molar-refractivity contribution in [3.63, 3.8) is 0 Å². The van der Waals surface area contributed by atoms with Gasteiger partial charge in [-0.2, -0.15) is 0 Å². The second-order valence-corrected chi connectivity index (χ2v) is 9.55.